The minimum absolute atomic E-state index is 0.340. The smallest absolute Gasteiger partial charge is 0.248 e. The van der Waals surface area contributed by atoms with Gasteiger partial charge < -0.3 is 16.2 Å². The average molecular weight is 312 g/mol. The summed E-state index contributed by atoms with van der Waals surface area (Å²) in [4.78, 5) is 15.7. The summed E-state index contributed by atoms with van der Waals surface area (Å²) in [6.07, 6.45) is 0. The SMILES string of the molecule is CC1(c2cc(Br)cc(C(N)=O)c2)COCC(N)=N1. The topological polar surface area (TPSA) is 90.7 Å². The van der Waals surface area contributed by atoms with E-state index in [1.165, 1.54) is 0 Å². The Morgan fingerprint density at radius 1 is 1.50 bits per heavy atom. The monoisotopic (exact) mass is 311 g/mol. The number of amides is 1. The van der Waals surface area contributed by atoms with Gasteiger partial charge in [-0.05, 0) is 30.7 Å². The second kappa shape index (κ2) is 4.70. The molecule has 0 bridgehead atoms. The zero-order valence-corrected chi connectivity index (χ0v) is 11.5. The van der Waals surface area contributed by atoms with Crippen molar-refractivity contribution in [3.8, 4) is 0 Å². The molecule has 4 N–H and O–H groups in total. The molecule has 1 amide bonds. The van der Waals surface area contributed by atoms with E-state index in [1.807, 2.05) is 13.0 Å². The molecular weight excluding hydrogens is 298 g/mol. The zero-order valence-electron chi connectivity index (χ0n) is 9.94. The van der Waals surface area contributed by atoms with Crippen LogP contribution in [0.1, 0.15) is 22.8 Å². The number of hydrogen-bond acceptors (Lipinski definition) is 4. The minimum atomic E-state index is -0.587. The van der Waals surface area contributed by atoms with Crippen LogP contribution >= 0.6 is 15.9 Å². The maximum absolute atomic E-state index is 11.3. The molecule has 1 aliphatic heterocycles. The summed E-state index contributed by atoms with van der Waals surface area (Å²) in [7, 11) is 0. The summed E-state index contributed by atoms with van der Waals surface area (Å²) >= 11 is 3.36. The molecule has 0 saturated carbocycles. The van der Waals surface area contributed by atoms with Crippen molar-refractivity contribution >= 4 is 27.7 Å². The Bertz CT molecular complexity index is 530. The van der Waals surface area contributed by atoms with Gasteiger partial charge in [0.15, 0.2) is 0 Å². The molecule has 6 heteroatoms. The van der Waals surface area contributed by atoms with Crippen molar-refractivity contribution in [1.29, 1.82) is 0 Å². The van der Waals surface area contributed by atoms with Crippen LogP contribution in [0.25, 0.3) is 0 Å². The first-order chi connectivity index (χ1) is 8.40. The summed E-state index contributed by atoms with van der Waals surface area (Å²) in [6.45, 7) is 2.67. The van der Waals surface area contributed by atoms with Crippen LogP contribution in [-0.2, 0) is 10.3 Å². The van der Waals surface area contributed by atoms with Crippen LogP contribution in [0.2, 0.25) is 0 Å². The zero-order chi connectivity index (χ0) is 13.3. The Labute approximate surface area is 113 Å². The predicted octanol–water partition coefficient (Wildman–Crippen LogP) is 1.15. The predicted molar refractivity (Wildman–Crippen MR) is 72.5 cm³/mol. The van der Waals surface area contributed by atoms with Crippen LogP contribution in [-0.4, -0.2) is 25.0 Å². The van der Waals surface area contributed by atoms with Crippen LogP contribution in [0.3, 0.4) is 0 Å². The van der Waals surface area contributed by atoms with Gasteiger partial charge in [-0.1, -0.05) is 15.9 Å². The summed E-state index contributed by atoms with van der Waals surface area (Å²) in [6, 6.07) is 5.28. The fraction of sp³-hybridized carbons (Fsp3) is 0.333. The largest absolute Gasteiger partial charge is 0.386 e. The molecular formula is C12H14BrN3O2. The van der Waals surface area contributed by atoms with E-state index in [4.69, 9.17) is 16.2 Å². The molecule has 0 fully saturated rings. The molecule has 0 radical (unpaired) electrons. The molecule has 1 aliphatic rings. The molecule has 1 atom stereocenters. The maximum atomic E-state index is 11.3. The van der Waals surface area contributed by atoms with Crippen LogP contribution in [0, 0.1) is 0 Å². The minimum Gasteiger partial charge on any atom is -0.386 e. The lowest BCUT2D eigenvalue weighted by Gasteiger charge is -2.30. The van der Waals surface area contributed by atoms with Crippen LogP contribution < -0.4 is 11.5 Å². The fourth-order valence-corrected chi connectivity index (χ4v) is 2.42. The number of amidine groups is 1. The number of carbonyl (C=O) groups excluding carboxylic acids is 1. The maximum Gasteiger partial charge on any atom is 0.248 e. The van der Waals surface area contributed by atoms with E-state index in [0.29, 0.717) is 24.6 Å². The lowest BCUT2D eigenvalue weighted by Crippen LogP contribution is -2.37. The third-order valence-corrected chi connectivity index (χ3v) is 3.29. The van der Waals surface area contributed by atoms with Gasteiger partial charge >= 0.3 is 0 Å². The molecule has 1 unspecified atom stereocenters. The number of hydrogen-bond donors (Lipinski definition) is 2. The Balaban J connectivity index is 2.50. The normalized spacial score (nSPS) is 23.6. The molecule has 1 aromatic carbocycles. The molecule has 0 aromatic heterocycles. The van der Waals surface area contributed by atoms with Gasteiger partial charge in [-0.25, -0.2) is 0 Å². The Hall–Kier alpha value is -1.40. The summed E-state index contributed by atoms with van der Waals surface area (Å²) in [5.74, 6) is -0.0285. The van der Waals surface area contributed by atoms with Crippen molar-refractivity contribution in [3.05, 3.63) is 33.8 Å². The van der Waals surface area contributed by atoms with E-state index in [-0.39, 0.29) is 0 Å². The van der Waals surface area contributed by atoms with Crippen molar-refractivity contribution in [3.63, 3.8) is 0 Å². The molecule has 2 rings (SSSR count). The highest BCUT2D eigenvalue weighted by molar-refractivity contribution is 9.10. The quantitative estimate of drug-likeness (QED) is 0.858. The Morgan fingerprint density at radius 3 is 2.83 bits per heavy atom. The molecule has 0 saturated heterocycles. The molecule has 1 aromatic rings. The first-order valence-corrected chi connectivity index (χ1v) is 6.23. The average Bonchev–Trinajstić information content (AvgIpc) is 2.27. The van der Waals surface area contributed by atoms with E-state index in [2.05, 4.69) is 20.9 Å². The molecule has 96 valence electrons. The highest BCUT2D eigenvalue weighted by Crippen LogP contribution is 2.31. The first-order valence-electron chi connectivity index (χ1n) is 5.43. The van der Waals surface area contributed by atoms with E-state index in [9.17, 15) is 4.79 Å². The number of nitrogens with two attached hydrogens (primary N) is 2. The van der Waals surface area contributed by atoms with E-state index >= 15 is 0 Å². The number of primary amides is 1. The summed E-state index contributed by atoms with van der Waals surface area (Å²) < 4.78 is 6.18. The number of halogens is 1. The van der Waals surface area contributed by atoms with Crippen LogP contribution in [0.15, 0.2) is 27.7 Å². The highest BCUT2D eigenvalue weighted by Gasteiger charge is 2.30. The van der Waals surface area contributed by atoms with E-state index in [1.54, 1.807) is 12.1 Å². The third kappa shape index (κ3) is 2.54. The number of benzene rings is 1. The summed E-state index contributed by atoms with van der Waals surface area (Å²) in [5.41, 5.74) is 11.7. The third-order valence-electron chi connectivity index (χ3n) is 2.83. The molecule has 5 nitrogen and oxygen atoms in total. The van der Waals surface area contributed by atoms with Crippen LogP contribution in [0.4, 0.5) is 0 Å². The highest BCUT2D eigenvalue weighted by atomic mass is 79.9. The molecule has 1 heterocycles. The number of nitrogens with zero attached hydrogens (tertiary/aromatic N) is 1. The number of rotatable bonds is 2. The van der Waals surface area contributed by atoms with Crippen molar-refractivity contribution in [2.45, 2.75) is 12.5 Å². The van der Waals surface area contributed by atoms with Gasteiger partial charge in [-0.3, -0.25) is 9.79 Å². The second-order valence-corrected chi connectivity index (χ2v) is 5.38. The Kier molecular flexibility index (Phi) is 3.41. The lowest BCUT2D eigenvalue weighted by molar-refractivity contribution is 0.0996. The van der Waals surface area contributed by atoms with Gasteiger partial charge in [0.2, 0.25) is 5.91 Å². The lowest BCUT2D eigenvalue weighted by atomic mass is 9.91. The number of aliphatic imine (C=N–C) groups is 1. The van der Waals surface area contributed by atoms with Crippen molar-refractivity contribution < 1.29 is 9.53 Å². The van der Waals surface area contributed by atoms with E-state index in [0.717, 1.165) is 10.0 Å². The Morgan fingerprint density at radius 2 is 2.22 bits per heavy atom. The molecule has 18 heavy (non-hydrogen) atoms. The van der Waals surface area contributed by atoms with Gasteiger partial charge in [0.05, 0.1) is 6.61 Å². The van der Waals surface area contributed by atoms with Gasteiger partial charge in [-0.2, -0.15) is 0 Å². The van der Waals surface area contributed by atoms with Crippen molar-refractivity contribution in [2.75, 3.05) is 13.2 Å². The van der Waals surface area contributed by atoms with Crippen LogP contribution in [0.5, 0.6) is 0 Å². The molecule has 0 spiro atoms. The van der Waals surface area contributed by atoms with Gasteiger partial charge in [0.25, 0.3) is 0 Å². The number of ether oxygens (including phenoxy) is 1. The second-order valence-electron chi connectivity index (χ2n) is 4.46. The van der Waals surface area contributed by atoms with Gasteiger partial charge in [0.1, 0.15) is 18.0 Å². The van der Waals surface area contributed by atoms with Crippen molar-refractivity contribution in [1.82, 2.24) is 0 Å². The fourth-order valence-electron chi connectivity index (χ4n) is 1.93. The van der Waals surface area contributed by atoms with E-state index < -0.39 is 11.4 Å². The molecule has 0 aliphatic carbocycles. The van der Waals surface area contributed by atoms with Gasteiger partial charge in [-0.15, -0.1) is 0 Å². The van der Waals surface area contributed by atoms with Gasteiger partial charge in [0, 0.05) is 10.0 Å². The summed E-state index contributed by atoms with van der Waals surface area (Å²) in [5, 5.41) is 0. The standard InChI is InChI=1S/C12H14BrN3O2/c1-12(6-18-5-10(14)16-12)8-2-7(11(15)17)3-9(13)4-8/h2-4H,5-6H2,1H3,(H2,14,16)(H2,15,17). The first kappa shape index (κ1) is 13.0. The number of carbonyl (C=O) groups is 1. The van der Waals surface area contributed by atoms with Crippen molar-refractivity contribution in [2.24, 2.45) is 16.5 Å².